The van der Waals surface area contributed by atoms with Gasteiger partial charge in [0.1, 0.15) is 0 Å². The first-order valence-corrected chi connectivity index (χ1v) is 9.24. The van der Waals surface area contributed by atoms with Gasteiger partial charge >= 0.3 is 0 Å². The molecule has 0 bridgehead atoms. The first kappa shape index (κ1) is 15.3. The highest BCUT2D eigenvalue weighted by molar-refractivity contribution is 7.91. The van der Waals surface area contributed by atoms with Crippen molar-refractivity contribution < 1.29 is 13.5 Å². The minimum Gasteiger partial charge on any atom is -0.392 e. The lowest BCUT2D eigenvalue weighted by molar-refractivity contribution is 0.100. The van der Waals surface area contributed by atoms with E-state index in [0.29, 0.717) is 16.9 Å². The molecule has 0 fully saturated rings. The molecule has 4 heteroatoms. The minimum absolute atomic E-state index is 0.00497. The molecule has 1 aliphatic rings. The molecule has 0 saturated carbocycles. The molecule has 3 nitrogen and oxygen atoms in total. The van der Waals surface area contributed by atoms with Crippen LogP contribution < -0.4 is 0 Å². The maximum atomic E-state index is 12.7. The molecule has 2 aromatic rings. The zero-order chi connectivity index (χ0) is 15.7. The molecule has 116 valence electrons. The third-order valence-electron chi connectivity index (χ3n) is 4.53. The Kier molecular flexibility index (Phi) is 4.06. The number of hydrogen-bond acceptors (Lipinski definition) is 3. The lowest BCUT2D eigenvalue weighted by atomic mass is 9.81. The maximum Gasteiger partial charge on any atom is 0.179 e. The molecule has 0 unspecified atom stereocenters. The summed E-state index contributed by atoms with van der Waals surface area (Å²) in [6.07, 6.45) is -0.0663. The van der Waals surface area contributed by atoms with Gasteiger partial charge in [-0.25, -0.2) is 8.42 Å². The highest BCUT2D eigenvalue weighted by Gasteiger charge is 2.39. The van der Waals surface area contributed by atoms with Crippen LogP contribution in [0.4, 0.5) is 0 Å². The van der Waals surface area contributed by atoms with E-state index in [1.807, 2.05) is 49.4 Å². The van der Waals surface area contributed by atoms with Crippen LogP contribution >= 0.6 is 0 Å². The molecule has 0 aliphatic carbocycles. The summed E-state index contributed by atoms with van der Waals surface area (Å²) in [5.74, 6) is -0.562. The van der Waals surface area contributed by atoms with Crippen molar-refractivity contribution in [1.29, 1.82) is 0 Å². The van der Waals surface area contributed by atoms with Crippen molar-refractivity contribution in [3.63, 3.8) is 0 Å². The lowest BCUT2D eigenvalue weighted by Gasteiger charge is -2.27. The standard InChI is InChI=1S/C18H20O3S/c1-2-13-12-22(20,21)16-11-7-6-10-15(16)17(18(13)19)14-8-4-3-5-9-14/h3-11,13,17-19H,2,12H2,1H3/t13-,17+,18-/m0/s1. The predicted molar refractivity (Wildman–Crippen MR) is 86.6 cm³/mol. The molecule has 1 heterocycles. The first-order chi connectivity index (χ1) is 10.5. The normalized spacial score (nSPS) is 26.9. The van der Waals surface area contributed by atoms with Gasteiger partial charge in [-0.3, -0.25) is 0 Å². The van der Waals surface area contributed by atoms with Crippen molar-refractivity contribution in [2.24, 2.45) is 5.92 Å². The third-order valence-corrected chi connectivity index (χ3v) is 6.44. The smallest absolute Gasteiger partial charge is 0.179 e. The van der Waals surface area contributed by atoms with Crippen LogP contribution in [0.5, 0.6) is 0 Å². The van der Waals surface area contributed by atoms with Gasteiger partial charge in [-0.1, -0.05) is 55.5 Å². The summed E-state index contributed by atoms with van der Waals surface area (Å²) in [5, 5.41) is 10.9. The summed E-state index contributed by atoms with van der Waals surface area (Å²) >= 11 is 0. The SMILES string of the molecule is CC[C@H]1CS(=O)(=O)c2ccccc2[C@@H](c2ccccc2)[C@H]1O. The van der Waals surface area contributed by atoms with Gasteiger partial charge in [0.15, 0.2) is 9.84 Å². The highest BCUT2D eigenvalue weighted by Crippen LogP contribution is 2.40. The zero-order valence-electron chi connectivity index (χ0n) is 12.5. The molecular weight excluding hydrogens is 296 g/mol. The molecule has 0 saturated heterocycles. The predicted octanol–water partition coefficient (Wildman–Crippen LogP) is 2.99. The molecule has 2 aromatic carbocycles. The van der Waals surface area contributed by atoms with Crippen LogP contribution in [-0.2, 0) is 9.84 Å². The van der Waals surface area contributed by atoms with E-state index in [0.717, 1.165) is 5.56 Å². The molecular formula is C18H20O3S. The number of aliphatic hydroxyl groups excluding tert-OH is 1. The van der Waals surface area contributed by atoms with E-state index in [4.69, 9.17) is 0 Å². The molecule has 0 amide bonds. The van der Waals surface area contributed by atoms with Crippen molar-refractivity contribution >= 4 is 9.84 Å². The second-order valence-electron chi connectivity index (χ2n) is 5.87. The van der Waals surface area contributed by atoms with E-state index >= 15 is 0 Å². The Balaban J connectivity index is 2.25. The van der Waals surface area contributed by atoms with Crippen molar-refractivity contribution in [1.82, 2.24) is 0 Å². The Labute approximate surface area is 131 Å². The van der Waals surface area contributed by atoms with Crippen molar-refractivity contribution in [3.05, 3.63) is 65.7 Å². The van der Waals surface area contributed by atoms with Gasteiger partial charge in [-0.2, -0.15) is 0 Å². The maximum absolute atomic E-state index is 12.7. The third kappa shape index (κ3) is 2.57. The van der Waals surface area contributed by atoms with Crippen LogP contribution in [0.1, 0.15) is 30.4 Å². The topological polar surface area (TPSA) is 54.4 Å². The largest absolute Gasteiger partial charge is 0.392 e. The van der Waals surface area contributed by atoms with Crippen molar-refractivity contribution in [3.8, 4) is 0 Å². The minimum atomic E-state index is -3.37. The van der Waals surface area contributed by atoms with Gasteiger partial charge in [0.2, 0.25) is 0 Å². The monoisotopic (exact) mass is 316 g/mol. The van der Waals surface area contributed by atoms with E-state index in [9.17, 15) is 13.5 Å². The van der Waals surface area contributed by atoms with Crippen LogP contribution in [0.2, 0.25) is 0 Å². The van der Waals surface area contributed by atoms with Crippen LogP contribution in [0.15, 0.2) is 59.5 Å². The van der Waals surface area contributed by atoms with E-state index in [2.05, 4.69) is 0 Å². The molecule has 0 spiro atoms. The fourth-order valence-corrected chi connectivity index (χ4v) is 5.36. The number of benzene rings is 2. The Morgan fingerprint density at radius 2 is 1.68 bits per heavy atom. The molecule has 0 aromatic heterocycles. The quantitative estimate of drug-likeness (QED) is 0.926. The van der Waals surface area contributed by atoms with Gasteiger partial charge in [0.25, 0.3) is 0 Å². The lowest BCUT2D eigenvalue weighted by Crippen LogP contribution is -2.29. The zero-order valence-corrected chi connectivity index (χ0v) is 13.3. The van der Waals surface area contributed by atoms with Crippen LogP contribution in [0.25, 0.3) is 0 Å². The highest BCUT2D eigenvalue weighted by atomic mass is 32.2. The summed E-state index contributed by atoms with van der Waals surface area (Å²) in [7, 11) is -3.37. The van der Waals surface area contributed by atoms with Crippen LogP contribution in [0, 0.1) is 5.92 Å². The average molecular weight is 316 g/mol. The van der Waals surface area contributed by atoms with Crippen molar-refractivity contribution in [2.45, 2.75) is 30.3 Å². The van der Waals surface area contributed by atoms with Gasteiger partial charge in [-0.05, 0) is 29.5 Å². The first-order valence-electron chi connectivity index (χ1n) is 7.59. The Bertz CT molecular complexity index is 753. The van der Waals surface area contributed by atoms with Crippen LogP contribution in [-0.4, -0.2) is 25.4 Å². The van der Waals surface area contributed by atoms with E-state index in [-0.39, 0.29) is 17.6 Å². The number of sulfone groups is 1. The summed E-state index contributed by atoms with van der Waals surface area (Å²) < 4.78 is 25.3. The van der Waals surface area contributed by atoms with Crippen LogP contribution in [0.3, 0.4) is 0 Å². The van der Waals surface area contributed by atoms with Crippen molar-refractivity contribution in [2.75, 3.05) is 5.75 Å². The van der Waals surface area contributed by atoms with E-state index < -0.39 is 15.9 Å². The number of rotatable bonds is 2. The Hall–Kier alpha value is -1.65. The molecule has 22 heavy (non-hydrogen) atoms. The molecule has 1 N–H and O–H groups in total. The van der Waals surface area contributed by atoms with Gasteiger partial charge in [0, 0.05) is 5.92 Å². The Morgan fingerprint density at radius 3 is 2.36 bits per heavy atom. The summed E-state index contributed by atoms with van der Waals surface area (Å²) in [6, 6.07) is 16.7. The van der Waals surface area contributed by atoms with Gasteiger partial charge in [-0.15, -0.1) is 0 Å². The van der Waals surface area contributed by atoms with Gasteiger partial charge in [0.05, 0.1) is 16.8 Å². The number of aliphatic hydroxyl groups is 1. The molecule has 3 rings (SSSR count). The number of hydrogen-bond donors (Lipinski definition) is 1. The molecule has 3 atom stereocenters. The second-order valence-corrected chi connectivity index (χ2v) is 7.87. The summed E-state index contributed by atoms with van der Waals surface area (Å²) in [6.45, 7) is 1.93. The van der Waals surface area contributed by atoms with E-state index in [1.165, 1.54) is 0 Å². The molecule has 0 radical (unpaired) electrons. The molecule has 1 aliphatic heterocycles. The fourth-order valence-electron chi connectivity index (χ4n) is 3.34. The fraction of sp³-hybridized carbons (Fsp3) is 0.333. The number of fused-ring (bicyclic) bond motifs is 1. The summed E-state index contributed by atoms with van der Waals surface area (Å²) in [5.41, 5.74) is 1.66. The summed E-state index contributed by atoms with van der Waals surface area (Å²) in [4.78, 5) is 0.360. The Morgan fingerprint density at radius 1 is 1.05 bits per heavy atom. The second kappa shape index (κ2) is 5.86. The van der Waals surface area contributed by atoms with Gasteiger partial charge < -0.3 is 5.11 Å². The average Bonchev–Trinajstić information content (AvgIpc) is 2.62. The van der Waals surface area contributed by atoms with E-state index in [1.54, 1.807) is 12.1 Å².